The van der Waals surface area contributed by atoms with E-state index in [1.54, 1.807) is 6.92 Å². The van der Waals surface area contributed by atoms with Crippen molar-refractivity contribution < 1.29 is 9.90 Å². The molecule has 0 aliphatic heterocycles. The van der Waals surface area contributed by atoms with E-state index in [0.717, 1.165) is 17.9 Å². The Kier molecular flexibility index (Phi) is 6.68. The molecule has 0 saturated heterocycles. The van der Waals surface area contributed by atoms with E-state index in [9.17, 15) is 9.90 Å². The van der Waals surface area contributed by atoms with E-state index >= 15 is 0 Å². The summed E-state index contributed by atoms with van der Waals surface area (Å²) in [6.07, 6.45) is 10.2. The van der Waals surface area contributed by atoms with Crippen molar-refractivity contribution in [3.05, 3.63) is 34.9 Å². The first-order valence-electron chi connectivity index (χ1n) is 9.35. The molecule has 0 heterocycles. The van der Waals surface area contributed by atoms with Gasteiger partial charge in [0.2, 0.25) is 0 Å². The van der Waals surface area contributed by atoms with Crippen molar-refractivity contribution in [3.8, 4) is 0 Å². The van der Waals surface area contributed by atoms with Crippen molar-refractivity contribution in [3.63, 3.8) is 0 Å². The lowest BCUT2D eigenvalue weighted by atomic mass is 9.86. The van der Waals surface area contributed by atoms with Crippen LogP contribution in [0.5, 0.6) is 0 Å². The summed E-state index contributed by atoms with van der Waals surface area (Å²) in [5, 5.41) is 9.29. The van der Waals surface area contributed by atoms with Gasteiger partial charge < -0.3 is 5.11 Å². The van der Waals surface area contributed by atoms with Gasteiger partial charge in [-0.3, -0.25) is 4.79 Å². The third-order valence-corrected chi connectivity index (χ3v) is 5.43. The second kappa shape index (κ2) is 8.52. The summed E-state index contributed by atoms with van der Waals surface area (Å²) in [5.74, 6) is 0.340. The quantitative estimate of drug-likeness (QED) is 0.679. The molecular formula is C21H32O2. The Hall–Kier alpha value is -1.31. The Balaban J connectivity index is 2.22. The summed E-state index contributed by atoms with van der Waals surface area (Å²) in [5.41, 5.74) is 3.80. The van der Waals surface area contributed by atoms with Gasteiger partial charge in [-0.25, -0.2) is 0 Å². The molecule has 2 nitrogen and oxygen atoms in total. The fourth-order valence-corrected chi connectivity index (χ4v) is 3.94. The minimum atomic E-state index is -0.735. The molecule has 0 spiro atoms. The fraction of sp³-hybridized carbons (Fsp3) is 0.667. The zero-order valence-electron chi connectivity index (χ0n) is 15.0. The smallest absolute Gasteiger partial charge is 0.310 e. The topological polar surface area (TPSA) is 37.3 Å². The van der Waals surface area contributed by atoms with Crippen LogP contribution in [0.2, 0.25) is 0 Å². The molecule has 0 bridgehead atoms. The summed E-state index contributed by atoms with van der Waals surface area (Å²) in [6.45, 7) is 6.34. The van der Waals surface area contributed by atoms with Gasteiger partial charge in [-0.1, -0.05) is 70.6 Å². The summed E-state index contributed by atoms with van der Waals surface area (Å²) in [7, 11) is 0. The Morgan fingerprint density at radius 3 is 2.52 bits per heavy atom. The molecule has 2 rings (SSSR count). The van der Waals surface area contributed by atoms with Gasteiger partial charge in [0, 0.05) is 0 Å². The lowest BCUT2D eigenvalue weighted by Gasteiger charge is -2.19. The molecule has 0 amide bonds. The molecular weight excluding hydrogens is 284 g/mol. The zero-order valence-corrected chi connectivity index (χ0v) is 15.0. The van der Waals surface area contributed by atoms with Gasteiger partial charge in [0.25, 0.3) is 0 Å². The monoisotopic (exact) mass is 316 g/mol. The standard InChI is InChI=1S/C21H32O2/c1-4-7-15(2)12-20-14-18(16(3)21(22)23)10-11-19(20)13-17-8-5-6-9-17/h10-11,14-17H,4-9,12-13H2,1-3H3,(H,22,23)/t15?,16-/m0/s1. The van der Waals surface area contributed by atoms with Crippen molar-refractivity contribution in [2.75, 3.05) is 0 Å². The maximum absolute atomic E-state index is 11.3. The largest absolute Gasteiger partial charge is 0.481 e. The number of carbonyl (C=O) groups is 1. The first-order chi connectivity index (χ1) is 11.0. The molecule has 1 aromatic rings. The van der Waals surface area contributed by atoms with Crippen molar-refractivity contribution in [2.45, 2.75) is 78.1 Å². The number of carboxylic acids is 1. The minimum Gasteiger partial charge on any atom is -0.481 e. The summed E-state index contributed by atoms with van der Waals surface area (Å²) in [4.78, 5) is 11.3. The molecule has 1 fully saturated rings. The Labute approximate surface area is 141 Å². The van der Waals surface area contributed by atoms with Crippen LogP contribution in [0, 0.1) is 11.8 Å². The molecule has 1 aliphatic carbocycles. The zero-order chi connectivity index (χ0) is 16.8. The Morgan fingerprint density at radius 1 is 1.22 bits per heavy atom. The third kappa shape index (κ3) is 5.09. The van der Waals surface area contributed by atoms with Crippen molar-refractivity contribution in [1.29, 1.82) is 0 Å². The van der Waals surface area contributed by atoms with Crippen molar-refractivity contribution in [2.24, 2.45) is 11.8 Å². The van der Waals surface area contributed by atoms with E-state index < -0.39 is 11.9 Å². The molecule has 128 valence electrons. The highest BCUT2D eigenvalue weighted by Gasteiger charge is 2.20. The first-order valence-corrected chi connectivity index (χ1v) is 9.35. The number of hydrogen-bond acceptors (Lipinski definition) is 1. The number of rotatable bonds is 8. The van der Waals surface area contributed by atoms with Gasteiger partial charge in [0.15, 0.2) is 0 Å². The molecule has 1 aromatic carbocycles. The van der Waals surface area contributed by atoms with E-state index in [1.807, 2.05) is 6.07 Å². The van der Waals surface area contributed by atoms with Gasteiger partial charge in [0.1, 0.15) is 0 Å². The molecule has 2 atom stereocenters. The minimum absolute atomic E-state index is 0.421. The van der Waals surface area contributed by atoms with Crippen LogP contribution in [0.1, 0.15) is 81.9 Å². The fourth-order valence-electron chi connectivity index (χ4n) is 3.94. The lowest BCUT2D eigenvalue weighted by Crippen LogP contribution is -2.11. The van der Waals surface area contributed by atoms with E-state index in [4.69, 9.17) is 0 Å². The van der Waals surface area contributed by atoms with Crippen LogP contribution < -0.4 is 0 Å². The van der Waals surface area contributed by atoms with E-state index in [0.29, 0.717) is 5.92 Å². The van der Waals surface area contributed by atoms with Crippen LogP contribution in [-0.4, -0.2) is 11.1 Å². The summed E-state index contributed by atoms with van der Waals surface area (Å²) >= 11 is 0. The van der Waals surface area contributed by atoms with Gasteiger partial charge in [-0.05, 0) is 48.3 Å². The maximum Gasteiger partial charge on any atom is 0.310 e. The molecule has 1 saturated carbocycles. The number of benzene rings is 1. The van der Waals surface area contributed by atoms with Crippen LogP contribution in [-0.2, 0) is 17.6 Å². The van der Waals surface area contributed by atoms with Crippen molar-refractivity contribution >= 4 is 5.97 Å². The van der Waals surface area contributed by atoms with E-state index in [2.05, 4.69) is 26.0 Å². The second-order valence-corrected chi connectivity index (χ2v) is 7.54. The highest BCUT2D eigenvalue weighted by molar-refractivity contribution is 5.75. The summed E-state index contributed by atoms with van der Waals surface area (Å²) < 4.78 is 0. The van der Waals surface area contributed by atoms with Crippen LogP contribution in [0.4, 0.5) is 0 Å². The van der Waals surface area contributed by atoms with E-state index in [1.165, 1.54) is 56.1 Å². The van der Waals surface area contributed by atoms with E-state index in [-0.39, 0.29) is 0 Å². The SMILES string of the molecule is CCCC(C)Cc1cc([C@H](C)C(=O)O)ccc1CC1CCCC1. The molecule has 1 unspecified atom stereocenters. The van der Waals surface area contributed by atoms with Gasteiger partial charge >= 0.3 is 5.97 Å². The van der Waals surface area contributed by atoms with Crippen LogP contribution >= 0.6 is 0 Å². The van der Waals surface area contributed by atoms with Crippen molar-refractivity contribution in [1.82, 2.24) is 0 Å². The van der Waals surface area contributed by atoms with Crippen LogP contribution in [0.15, 0.2) is 18.2 Å². The predicted molar refractivity (Wildman–Crippen MR) is 95.9 cm³/mol. The van der Waals surface area contributed by atoms with Gasteiger partial charge in [-0.15, -0.1) is 0 Å². The van der Waals surface area contributed by atoms with Crippen LogP contribution in [0.3, 0.4) is 0 Å². The maximum atomic E-state index is 11.3. The third-order valence-electron chi connectivity index (χ3n) is 5.43. The number of aliphatic carboxylic acids is 1. The normalized spacial score (nSPS) is 18.0. The highest BCUT2D eigenvalue weighted by atomic mass is 16.4. The van der Waals surface area contributed by atoms with Gasteiger partial charge in [0.05, 0.1) is 5.92 Å². The number of carboxylic acid groups (broad SMARTS) is 1. The molecule has 0 radical (unpaired) electrons. The number of hydrogen-bond donors (Lipinski definition) is 1. The average Bonchev–Trinajstić information content (AvgIpc) is 3.01. The Morgan fingerprint density at radius 2 is 1.91 bits per heavy atom. The molecule has 23 heavy (non-hydrogen) atoms. The molecule has 1 aliphatic rings. The lowest BCUT2D eigenvalue weighted by molar-refractivity contribution is -0.138. The summed E-state index contributed by atoms with van der Waals surface area (Å²) in [6, 6.07) is 6.42. The van der Waals surface area contributed by atoms with Gasteiger partial charge in [-0.2, -0.15) is 0 Å². The first kappa shape index (κ1) is 18.0. The Bertz CT molecular complexity index is 515. The molecule has 0 aromatic heterocycles. The molecule has 1 N–H and O–H groups in total. The highest BCUT2D eigenvalue weighted by Crippen LogP contribution is 2.31. The average molecular weight is 316 g/mol. The second-order valence-electron chi connectivity index (χ2n) is 7.54. The molecule has 2 heteroatoms. The predicted octanol–water partition coefficient (Wildman–Crippen LogP) is 5.59. The van der Waals surface area contributed by atoms with Crippen LogP contribution in [0.25, 0.3) is 0 Å².